The van der Waals surface area contributed by atoms with Gasteiger partial charge in [-0.2, -0.15) is 5.10 Å². The summed E-state index contributed by atoms with van der Waals surface area (Å²) in [6, 6.07) is 3.01. The SMILES string of the molecule is Cn1ccc(NC(=O)c2cncc(O)c2)n1. The summed E-state index contributed by atoms with van der Waals surface area (Å²) < 4.78 is 1.58. The first-order valence-corrected chi connectivity index (χ1v) is 4.60. The second kappa shape index (κ2) is 4.01. The van der Waals surface area contributed by atoms with E-state index in [1.54, 1.807) is 24.0 Å². The molecule has 6 heteroatoms. The van der Waals surface area contributed by atoms with Gasteiger partial charge in [0.1, 0.15) is 5.75 Å². The number of hydrogen-bond donors (Lipinski definition) is 2. The maximum absolute atomic E-state index is 11.7. The van der Waals surface area contributed by atoms with Gasteiger partial charge in [0.2, 0.25) is 0 Å². The second-order valence-electron chi connectivity index (χ2n) is 3.26. The highest BCUT2D eigenvalue weighted by Crippen LogP contribution is 2.10. The molecule has 2 N–H and O–H groups in total. The molecule has 0 saturated heterocycles. The molecule has 0 aliphatic carbocycles. The summed E-state index contributed by atoms with van der Waals surface area (Å²) >= 11 is 0. The van der Waals surface area contributed by atoms with E-state index in [1.807, 2.05) is 0 Å². The molecule has 0 aromatic carbocycles. The standard InChI is InChI=1S/C10H10N4O2/c1-14-3-2-9(13-14)12-10(16)7-4-8(15)6-11-5-7/h2-6,15H,1H3,(H,12,13,16). The number of rotatable bonds is 2. The van der Waals surface area contributed by atoms with E-state index in [9.17, 15) is 4.79 Å². The Bertz CT molecular complexity index is 521. The van der Waals surface area contributed by atoms with Crippen LogP contribution >= 0.6 is 0 Å². The Morgan fingerprint density at radius 3 is 2.94 bits per heavy atom. The van der Waals surface area contributed by atoms with Gasteiger partial charge in [-0.05, 0) is 6.07 Å². The maximum atomic E-state index is 11.7. The van der Waals surface area contributed by atoms with Crippen LogP contribution in [-0.4, -0.2) is 25.8 Å². The molecule has 0 fully saturated rings. The maximum Gasteiger partial charge on any atom is 0.258 e. The summed E-state index contributed by atoms with van der Waals surface area (Å²) in [6.45, 7) is 0. The van der Waals surface area contributed by atoms with Gasteiger partial charge >= 0.3 is 0 Å². The zero-order chi connectivity index (χ0) is 11.5. The van der Waals surface area contributed by atoms with Crippen molar-refractivity contribution in [1.29, 1.82) is 0 Å². The zero-order valence-electron chi connectivity index (χ0n) is 8.58. The van der Waals surface area contributed by atoms with E-state index < -0.39 is 0 Å². The number of nitrogens with zero attached hydrogens (tertiary/aromatic N) is 3. The van der Waals surface area contributed by atoms with Gasteiger partial charge in [-0.15, -0.1) is 0 Å². The van der Waals surface area contributed by atoms with Crippen molar-refractivity contribution >= 4 is 11.7 Å². The van der Waals surface area contributed by atoms with Crippen LogP contribution in [0, 0.1) is 0 Å². The number of aromatic hydroxyl groups is 1. The number of aromatic nitrogens is 3. The smallest absolute Gasteiger partial charge is 0.258 e. The first-order valence-electron chi connectivity index (χ1n) is 4.60. The minimum absolute atomic E-state index is 0.0475. The average molecular weight is 218 g/mol. The molecule has 0 spiro atoms. The highest BCUT2D eigenvalue weighted by Gasteiger charge is 2.08. The highest BCUT2D eigenvalue weighted by atomic mass is 16.3. The molecule has 16 heavy (non-hydrogen) atoms. The number of amides is 1. The molecule has 1 amide bonds. The minimum Gasteiger partial charge on any atom is -0.506 e. The van der Waals surface area contributed by atoms with Gasteiger partial charge in [-0.25, -0.2) is 0 Å². The summed E-state index contributed by atoms with van der Waals surface area (Å²) in [6.07, 6.45) is 4.35. The number of carbonyl (C=O) groups is 1. The predicted octanol–water partition coefficient (Wildman–Crippen LogP) is 0.773. The van der Waals surface area contributed by atoms with Gasteiger partial charge in [0.05, 0.1) is 11.8 Å². The average Bonchev–Trinajstić information content (AvgIpc) is 2.64. The molecule has 6 nitrogen and oxygen atoms in total. The van der Waals surface area contributed by atoms with Crippen LogP contribution < -0.4 is 5.32 Å². The van der Waals surface area contributed by atoms with Crippen molar-refractivity contribution in [3.8, 4) is 5.75 Å². The van der Waals surface area contributed by atoms with Crippen molar-refractivity contribution in [1.82, 2.24) is 14.8 Å². The van der Waals surface area contributed by atoms with Crippen molar-refractivity contribution in [2.45, 2.75) is 0 Å². The first-order chi connectivity index (χ1) is 7.65. The third kappa shape index (κ3) is 2.17. The molecule has 0 saturated carbocycles. The molecular weight excluding hydrogens is 208 g/mol. The molecule has 0 unspecified atom stereocenters. The van der Waals surface area contributed by atoms with E-state index in [4.69, 9.17) is 5.11 Å². The molecule has 2 rings (SSSR count). The Morgan fingerprint density at radius 1 is 1.50 bits per heavy atom. The fraction of sp³-hybridized carbons (Fsp3) is 0.100. The third-order valence-electron chi connectivity index (χ3n) is 1.94. The summed E-state index contributed by atoms with van der Waals surface area (Å²) in [4.78, 5) is 15.4. The Balaban J connectivity index is 2.14. The lowest BCUT2D eigenvalue weighted by molar-refractivity contribution is 0.102. The van der Waals surface area contributed by atoms with Crippen LogP contribution in [0.4, 0.5) is 5.82 Å². The topological polar surface area (TPSA) is 80.0 Å². The Hall–Kier alpha value is -2.37. The molecule has 0 atom stereocenters. The summed E-state index contributed by atoms with van der Waals surface area (Å²) in [7, 11) is 1.76. The van der Waals surface area contributed by atoms with Crippen LogP contribution in [0.2, 0.25) is 0 Å². The van der Waals surface area contributed by atoms with Crippen molar-refractivity contribution in [3.05, 3.63) is 36.3 Å². The Kier molecular flexibility index (Phi) is 2.55. The highest BCUT2D eigenvalue weighted by molar-refractivity contribution is 6.03. The van der Waals surface area contributed by atoms with Crippen LogP contribution in [0.5, 0.6) is 5.75 Å². The molecule has 2 aromatic rings. The molecule has 2 heterocycles. The summed E-state index contributed by atoms with van der Waals surface area (Å²) in [5.41, 5.74) is 0.283. The van der Waals surface area contributed by atoms with E-state index in [-0.39, 0.29) is 17.2 Å². The fourth-order valence-corrected chi connectivity index (χ4v) is 1.22. The largest absolute Gasteiger partial charge is 0.506 e. The lowest BCUT2D eigenvalue weighted by Crippen LogP contribution is -2.12. The lowest BCUT2D eigenvalue weighted by Gasteiger charge is -2.01. The van der Waals surface area contributed by atoms with Crippen molar-refractivity contribution in [2.75, 3.05) is 5.32 Å². The van der Waals surface area contributed by atoms with E-state index in [1.165, 1.54) is 18.5 Å². The van der Waals surface area contributed by atoms with Gasteiger partial charge in [0, 0.05) is 25.5 Å². The predicted molar refractivity (Wildman–Crippen MR) is 57.1 cm³/mol. The van der Waals surface area contributed by atoms with Crippen LogP contribution in [-0.2, 0) is 7.05 Å². The van der Waals surface area contributed by atoms with Crippen LogP contribution in [0.1, 0.15) is 10.4 Å². The van der Waals surface area contributed by atoms with Crippen molar-refractivity contribution in [2.24, 2.45) is 7.05 Å². The van der Waals surface area contributed by atoms with Crippen molar-refractivity contribution in [3.63, 3.8) is 0 Å². The van der Waals surface area contributed by atoms with E-state index >= 15 is 0 Å². The van der Waals surface area contributed by atoms with Gasteiger partial charge in [-0.3, -0.25) is 14.5 Å². The lowest BCUT2D eigenvalue weighted by atomic mass is 10.2. The number of nitrogens with one attached hydrogen (secondary N) is 1. The first kappa shape index (κ1) is 10.2. The van der Waals surface area contributed by atoms with Crippen LogP contribution in [0.3, 0.4) is 0 Å². The van der Waals surface area contributed by atoms with Gasteiger partial charge in [0.25, 0.3) is 5.91 Å². The molecule has 0 bridgehead atoms. The number of aryl methyl sites for hydroxylation is 1. The van der Waals surface area contributed by atoms with Gasteiger partial charge < -0.3 is 10.4 Å². The van der Waals surface area contributed by atoms with Crippen LogP contribution in [0.15, 0.2) is 30.7 Å². The van der Waals surface area contributed by atoms with E-state index in [2.05, 4.69) is 15.4 Å². The number of hydrogen-bond acceptors (Lipinski definition) is 4. The monoisotopic (exact) mass is 218 g/mol. The fourth-order valence-electron chi connectivity index (χ4n) is 1.22. The summed E-state index contributed by atoms with van der Waals surface area (Å²) in [5.74, 6) is 0.0478. The van der Waals surface area contributed by atoms with Crippen LogP contribution in [0.25, 0.3) is 0 Å². The van der Waals surface area contributed by atoms with E-state index in [0.29, 0.717) is 5.82 Å². The third-order valence-corrected chi connectivity index (χ3v) is 1.94. The molecule has 0 radical (unpaired) electrons. The molecular formula is C10H10N4O2. The number of pyridine rings is 1. The summed E-state index contributed by atoms with van der Waals surface area (Å²) in [5, 5.41) is 15.8. The van der Waals surface area contributed by atoms with Gasteiger partial charge in [0.15, 0.2) is 5.82 Å². The molecule has 0 aliphatic rings. The zero-order valence-corrected chi connectivity index (χ0v) is 8.58. The number of anilines is 1. The molecule has 0 aliphatic heterocycles. The Morgan fingerprint density at radius 2 is 2.31 bits per heavy atom. The van der Waals surface area contributed by atoms with E-state index in [0.717, 1.165) is 0 Å². The number of carbonyl (C=O) groups excluding carboxylic acids is 1. The normalized spacial score (nSPS) is 10.1. The molecule has 2 aromatic heterocycles. The van der Waals surface area contributed by atoms with Gasteiger partial charge in [-0.1, -0.05) is 0 Å². The van der Waals surface area contributed by atoms with Crippen molar-refractivity contribution < 1.29 is 9.90 Å². The quantitative estimate of drug-likeness (QED) is 0.780. The second-order valence-corrected chi connectivity index (χ2v) is 3.26. The molecule has 82 valence electrons. The minimum atomic E-state index is -0.359. The Labute approximate surface area is 91.6 Å².